The zero-order valence-corrected chi connectivity index (χ0v) is 18.1. The molecule has 9 nitrogen and oxygen atoms in total. The molecular weight excluding hydrogens is 446 g/mol. The normalized spacial score (nSPS) is 13.6. The predicted molar refractivity (Wildman–Crippen MR) is 114 cm³/mol. The summed E-state index contributed by atoms with van der Waals surface area (Å²) in [5, 5.41) is 5.08. The number of halogens is 2. The van der Waals surface area contributed by atoms with Crippen molar-refractivity contribution in [3.05, 3.63) is 29.1 Å². The Morgan fingerprint density at radius 1 is 1.25 bits per heavy atom. The van der Waals surface area contributed by atoms with Crippen molar-refractivity contribution in [3.63, 3.8) is 0 Å². The Kier molecular flexibility index (Phi) is 8.56. The number of ether oxygens (including phenoxy) is 3. The van der Waals surface area contributed by atoms with Crippen molar-refractivity contribution in [1.82, 2.24) is 10.3 Å². The van der Waals surface area contributed by atoms with Gasteiger partial charge in [0, 0.05) is 30.6 Å². The first-order valence-corrected chi connectivity index (χ1v) is 10.9. The molecule has 3 rings (SSSR count). The molecule has 3 N–H and O–H groups in total. The number of carbonyl (C=O) groups is 2. The van der Waals surface area contributed by atoms with Crippen LogP contribution in [0.15, 0.2) is 17.5 Å². The van der Waals surface area contributed by atoms with Gasteiger partial charge in [0.2, 0.25) is 5.82 Å². The van der Waals surface area contributed by atoms with Gasteiger partial charge in [0.05, 0.1) is 25.5 Å². The number of morpholine rings is 1. The second-order valence-corrected chi connectivity index (χ2v) is 7.70. The number of unbranched alkanes of at least 4 members (excludes halogenated alkanes) is 1. The summed E-state index contributed by atoms with van der Waals surface area (Å²) >= 11 is 1.38. The molecule has 2 amide bonds. The molecule has 0 bridgehead atoms. The molecule has 0 radical (unpaired) electrons. The van der Waals surface area contributed by atoms with E-state index in [0.29, 0.717) is 51.4 Å². The SMILES string of the molecule is NC(=O)OCCCCNC(=O)COc1c(-c2csc(N3CCOCC3)n2)ccc(F)c1F. The molecule has 1 aromatic carbocycles. The van der Waals surface area contributed by atoms with Gasteiger partial charge < -0.3 is 30.2 Å². The number of benzene rings is 1. The van der Waals surface area contributed by atoms with E-state index in [2.05, 4.69) is 19.9 Å². The number of amides is 2. The van der Waals surface area contributed by atoms with Gasteiger partial charge in [-0.05, 0) is 25.0 Å². The van der Waals surface area contributed by atoms with E-state index in [1.54, 1.807) is 5.38 Å². The second-order valence-electron chi connectivity index (χ2n) is 6.87. The van der Waals surface area contributed by atoms with Gasteiger partial charge in [0.1, 0.15) is 0 Å². The van der Waals surface area contributed by atoms with E-state index in [4.69, 9.17) is 15.2 Å². The zero-order valence-electron chi connectivity index (χ0n) is 17.3. The number of aromatic nitrogens is 1. The molecule has 0 aliphatic carbocycles. The van der Waals surface area contributed by atoms with Crippen LogP contribution in [0.3, 0.4) is 0 Å². The number of nitrogens with one attached hydrogen (secondary N) is 1. The topological polar surface area (TPSA) is 116 Å². The molecule has 0 spiro atoms. The highest BCUT2D eigenvalue weighted by atomic mass is 32.1. The van der Waals surface area contributed by atoms with E-state index in [1.165, 1.54) is 17.4 Å². The largest absolute Gasteiger partial charge is 0.480 e. The maximum Gasteiger partial charge on any atom is 0.404 e. The Bertz CT molecular complexity index is 937. The molecule has 1 aliphatic heterocycles. The summed E-state index contributed by atoms with van der Waals surface area (Å²) in [5.74, 6) is -3.13. The summed E-state index contributed by atoms with van der Waals surface area (Å²) in [4.78, 5) is 29.1. The molecule has 1 aromatic heterocycles. The molecule has 1 aliphatic rings. The Balaban J connectivity index is 1.59. The Labute approximate surface area is 187 Å². The van der Waals surface area contributed by atoms with Gasteiger partial charge in [-0.3, -0.25) is 4.79 Å². The Morgan fingerprint density at radius 2 is 2.03 bits per heavy atom. The molecule has 2 heterocycles. The first-order chi connectivity index (χ1) is 15.5. The van der Waals surface area contributed by atoms with Crippen LogP contribution in [0.2, 0.25) is 0 Å². The third kappa shape index (κ3) is 6.50. The van der Waals surface area contributed by atoms with Crippen LogP contribution < -0.4 is 20.7 Å². The molecule has 0 atom stereocenters. The third-order valence-corrected chi connectivity index (χ3v) is 5.49. The molecule has 1 saturated heterocycles. The van der Waals surface area contributed by atoms with Crippen LogP contribution in [-0.4, -0.2) is 63.0 Å². The number of nitrogens with zero attached hydrogens (tertiary/aromatic N) is 2. The van der Waals surface area contributed by atoms with E-state index >= 15 is 0 Å². The lowest BCUT2D eigenvalue weighted by molar-refractivity contribution is -0.123. The molecule has 0 unspecified atom stereocenters. The number of hydrogen-bond donors (Lipinski definition) is 2. The molecule has 2 aromatic rings. The van der Waals surface area contributed by atoms with Crippen LogP contribution in [0.1, 0.15) is 12.8 Å². The maximum absolute atomic E-state index is 14.5. The van der Waals surface area contributed by atoms with Gasteiger partial charge >= 0.3 is 6.09 Å². The highest BCUT2D eigenvalue weighted by molar-refractivity contribution is 7.14. The first-order valence-electron chi connectivity index (χ1n) is 10.0. The molecule has 1 fully saturated rings. The van der Waals surface area contributed by atoms with Gasteiger partial charge in [-0.15, -0.1) is 11.3 Å². The van der Waals surface area contributed by atoms with Crippen LogP contribution in [0.5, 0.6) is 5.75 Å². The van der Waals surface area contributed by atoms with Crippen molar-refractivity contribution in [3.8, 4) is 17.0 Å². The van der Waals surface area contributed by atoms with E-state index in [1.807, 2.05) is 0 Å². The van der Waals surface area contributed by atoms with Crippen molar-refractivity contribution in [2.24, 2.45) is 5.73 Å². The molecular formula is C20H24F2N4O5S. The van der Waals surface area contributed by atoms with Gasteiger partial charge in [-0.1, -0.05) is 0 Å². The smallest absolute Gasteiger partial charge is 0.404 e. The summed E-state index contributed by atoms with van der Waals surface area (Å²) in [6.07, 6.45) is 0.205. The number of nitrogens with two attached hydrogens (primary N) is 1. The Hall–Kier alpha value is -2.99. The van der Waals surface area contributed by atoms with E-state index < -0.39 is 30.2 Å². The van der Waals surface area contributed by atoms with Gasteiger partial charge in [-0.2, -0.15) is 4.39 Å². The highest BCUT2D eigenvalue weighted by Gasteiger charge is 2.21. The minimum atomic E-state index is -1.18. The number of carbonyl (C=O) groups excluding carboxylic acids is 2. The lowest BCUT2D eigenvalue weighted by atomic mass is 10.1. The lowest BCUT2D eigenvalue weighted by Gasteiger charge is -2.26. The Morgan fingerprint density at radius 3 is 2.78 bits per heavy atom. The van der Waals surface area contributed by atoms with Crippen molar-refractivity contribution in [1.29, 1.82) is 0 Å². The number of primary amides is 1. The molecule has 32 heavy (non-hydrogen) atoms. The fourth-order valence-electron chi connectivity index (χ4n) is 2.98. The van der Waals surface area contributed by atoms with Crippen LogP contribution in [0.4, 0.5) is 18.7 Å². The predicted octanol–water partition coefficient (Wildman–Crippen LogP) is 2.30. The molecule has 12 heteroatoms. The number of thiazole rings is 1. The highest BCUT2D eigenvalue weighted by Crippen LogP contribution is 2.36. The average molecular weight is 470 g/mol. The van der Waals surface area contributed by atoms with Crippen LogP contribution in [0.25, 0.3) is 11.3 Å². The first kappa shape index (κ1) is 23.7. The second kappa shape index (κ2) is 11.6. The summed E-state index contributed by atoms with van der Waals surface area (Å²) in [7, 11) is 0. The fraction of sp³-hybridized carbons (Fsp3) is 0.450. The monoisotopic (exact) mass is 470 g/mol. The summed E-state index contributed by atoms with van der Waals surface area (Å²) in [5.41, 5.74) is 5.54. The minimum Gasteiger partial charge on any atom is -0.480 e. The number of anilines is 1. The molecule has 0 saturated carbocycles. The fourth-order valence-corrected chi connectivity index (χ4v) is 3.86. The maximum atomic E-state index is 14.5. The standard InChI is InChI=1S/C20H24F2N4O5S/c21-14-4-3-13(15-12-32-20(25-15)26-6-9-29-10-7-26)18(17(14)22)31-11-16(27)24-5-1-2-8-30-19(23)28/h3-4,12H,1-2,5-11H2,(H2,23,28)(H,24,27). The van der Waals surface area contributed by atoms with Crippen molar-refractivity contribution in [2.75, 3.05) is 51.0 Å². The third-order valence-electron chi connectivity index (χ3n) is 4.58. The lowest BCUT2D eigenvalue weighted by Crippen LogP contribution is -2.36. The van der Waals surface area contributed by atoms with Crippen LogP contribution >= 0.6 is 11.3 Å². The summed E-state index contributed by atoms with van der Waals surface area (Å²) in [6, 6.07) is 2.38. The van der Waals surface area contributed by atoms with Crippen LogP contribution in [-0.2, 0) is 14.3 Å². The van der Waals surface area contributed by atoms with Crippen molar-refractivity contribution < 1.29 is 32.6 Å². The van der Waals surface area contributed by atoms with Gasteiger partial charge in [-0.25, -0.2) is 14.2 Å². The summed E-state index contributed by atoms with van der Waals surface area (Å²) < 4.78 is 43.6. The number of rotatable bonds is 10. The minimum absolute atomic E-state index is 0.152. The molecule has 174 valence electrons. The van der Waals surface area contributed by atoms with E-state index in [-0.39, 0.29) is 17.9 Å². The van der Waals surface area contributed by atoms with E-state index in [9.17, 15) is 18.4 Å². The van der Waals surface area contributed by atoms with Crippen LogP contribution in [0, 0.1) is 11.6 Å². The van der Waals surface area contributed by atoms with Crippen molar-refractivity contribution in [2.45, 2.75) is 12.8 Å². The number of hydrogen-bond acceptors (Lipinski definition) is 8. The summed E-state index contributed by atoms with van der Waals surface area (Å²) in [6.45, 7) is 2.55. The zero-order chi connectivity index (χ0) is 22.9. The van der Waals surface area contributed by atoms with E-state index in [0.717, 1.165) is 11.2 Å². The quantitative estimate of drug-likeness (QED) is 0.512. The van der Waals surface area contributed by atoms with Crippen molar-refractivity contribution >= 4 is 28.5 Å². The van der Waals surface area contributed by atoms with Gasteiger partial charge in [0.15, 0.2) is 23.3 Å². The average Bonchev–Trinajstić information content (AvgIpc) is 3.27. The van der Waals surface area contributed by atoms with Gasteiger partial charge in [0.25, 0.3) is 5.91 Å².